The minimum absolute atomic E-state index is 0.0638. The van der Waals surface area contributed by atoms with E-state index in [0.717, 1.165) is 44.9 Å². The third-order valence-corrected chi connectivity index (χ3v) is 6.69. The molecule has 1 heterocycles. The highest BCUT2D eigenvalue weighted by Crippen LogP contribution is 2.43. The molecular weight excluding hydrogens is 372 g/mol. The van der Waals surface area contributed by atoms with Gasteiger partial charge in [-0.3, -0.25) is 9.59 Å². The second kappa shape index (κ2) is 8.92. The number of hydrogen-bond acceptors (Lipinski definition) is 5. The average molecular weight is 409 g/mol. The van der Waals surface area contributed by atoms with E-state index in [-0.39, 0.29) is 29.8 Å². The fourth-order valence-corrected chi connectivity index (χ4v) is 5.43. The molecule has 7 heteroatoms. The summed E-state index contributed by atoms with van der Waals surface area (Å²) < 4.78 is 10.4. The molecule has 0 aromatic rings. The largest absolute Gasteiger partial charge is 0.469 e. The molecule has 3 rings (SSSR count). The first-order chi connectivity index (χ1) is 13.7. The number of amides is 2. The van der Waals surface area contributed by atoms with Gasteiger partial charge in [0.05, 0.1) is 13.0 Å². The molecular formula is C22H36N2O5. The van der Waals surface area contributed by atoms with Gasteiger partial charge in [-0.2, -0.15) is 0 Å². The van der Waals surface area contributed by atoms with Crippen LogP contribution >= 0.6 is 0 Å². The molecule has 0 spiro atoms. The van der Waals surface area contributed by atoms with Gasteiger partial charge in [0, 0.05) is 12.6 Å². The third-order valence-electron chi connectivity index (χ3n) is 6.69. The van der Waals surface area contributed by atoms with Crippen LogP contribution in [0.4, 0.5) is 4.79 Å². The van der Waals surface area contributed by atoms with E-state index in [2.05, 4.69) is 5.32 Å². The Bertz CT molecular complexity index is 623. The zero-order chi connectivity index (χ0) is 21.2. The Balaban J connectivity index is 1.78. The van der Waals surface area contributed by atoms with E-state index in [0.29, 0.717) is 12.5 Å². The maximum atomic E-state index is 13.6. The number of alkyl carbamates (subject to hydrolysis) is 1. The van der Waals surface area contributed by atoms with Crippen LogP contribution in [0.15, 0.2) is 0 Å². The highest BCUT2D eigenvalue weighted by molar-refractivity contribution is 5.87. The molecule has 3 aliphatic rings. The number of nitrogens with zero attached hydrogens (tertiary/aromatic N) is 1. The van der Waals surface area contributed by atoms with Gasteiger partial charge in [-0.05, 0) is 64.7 Å². The van der Waals surface area contributed by atoms with Crippen LogP contribution in [0.25, 0.3) is 0 Å². The van der Waals surface area contributed by atoms with Crippen LogP contribution in [-0.2, 0) is 19.1 Å². The number of methoxy groups -OCH3 is 1. The third kappa shape index (κ3) is 5.04. The van der Waals surface area contributed by atoms with E-state index in [1.54, 1.807) is 0 Å². The van der Waals surface area contributed by atoms with Crippen molar-refractivity contribution >= 4 is 18.0 Å². The van der Waals surface area contributed by atoms with Crippen LogP contribution in [0, 0.1) is 17.8 Å². The number of hydrogen-bond donors (Lipinski definition) is 1. The monoisotopic (exact) mass is 408 g/mol. The summed E-state index contributed by atoms with van der Waals surface area (Å²) >= 11 is 0. The summed E-state index contributed by atoms with van der Waals surface area (Å²) in [5.74, 6) is -0.0973. The minimum Gasteiger partial charge on any atom is -0.469 e. The Morgan fingerprint density at radius 1 is 1.00 bits per heavy atom. The quantitative estimate of drug-likeness (QED) is 0.722. The maximum Gasteiger partial charge on any atom is 0.408 e. The molecule has 3 fully saturated rings. The lowest BCUT2D eigenvalue weighted by molar-refractivity contribution is -0.149. The smallest absolute Gasteiger partial charge is 0.408 e. The SMILES string of the molecule is COC(=O)C1CC[C@@H]2CCN(C(=O)[C@@H](NC(=O)OC(C)(C)C)C3CCCCC3)[C@H]12. The van der Waals surface area contributed by atoms with Gasteiger partial charge in [0.15, 0.2) is 0 Å². The van der Waals surface area contributed by atoms with Gasteiger partial charge in [-0.25, -0.2) is 4.79 Å². The first-order valence-electron chi connectivity index (χ1n) is 11.1. The molecule has 0 aromatic heterocycles. The molecule has 2 amide bonds. The van der Waals surface area contributed by atoms with Gasteiger partial charge < -0.3 is 19.7 Å². The van der Waals surface area contributed by atoms with Crippen molar-refractivity contribution in [2.24, 2.45) is 17.8 Å². The van der Waals surface area contributed by atoms with Crippen molar-refractivity contribution in [1.29, 1.82) is 0 Å². The van der Waals surface area contributed by atoms with E-state index < -0.39 is 17.7 Å². The molecule has 0 radical (unpaired) electrons. The number of esters is 1. The van der Waals surface area contributed by atoms with Crippen molar-refractivity contribution in [2.45, 2.75) is 89.8 Å². The average Bonchev–Trinajstić information content (AvgIpc) is 3.26. The molecule has 1 aliphatic heterocycles. The second-order valence-electron chi connectivity index (χ2n) is 9.80. The standard InChI is InChI=1S/C22H36N2O5/c1-22(2,3)29-21(27)23-17(14-8-6-5-7-9-14)19(25)24-13-12-15-10-11-16(18(15)24)20(26)28-4/h14-18H,5-13H2,1-4H3,(H,23,27)/t15-,16?,17+,18+/m1/s1. The van der Waals surface area contributed by atoms with Crippen molar-refractivity contribution in [2.75, 3.05) is 13.7 Å². The molecule has 164 valence electrons. The number of ether oxygens (including phenoxy) is 2. The number of likely N-dealkylation sites (tertiary alicyclic amines) is 1. The predicted octanol–water partition coefficient (Wildman–Crippen LogP) is 3.26. The molecule has 1 unspecified atom stereocenters. The Morgan fingerprint density at radius 2 is 1.69 bits per heavy atom. The summed E-state index contributed by atoms with van der Waals surface area (Å²) in [5, 5.41) is 2.89. The molecule has 29 heavy (non-hydrogen) atoms. The van der Waals surface area contributed by atoms with Gasteiger partial charge in [0.2, 0.25) is 5.91 Å². The van der Waals surface area contributed by atoms with Crippen molar-refractivity contribution in [3.8, 4) is 0 Å². The summed E-state index contributed by atoms with van der Waals surface area (Å²) in [6, 6.07) is -0.704. The minimum atomic E-state index is -0.621. The zero-order valence-corrected chi connectivity index (χ0v) is 18.2. The molecule has 1 saturated heterocycles. The van der Waals surface area contributed by atoms with Crippen molar-refractivity contribution in [3.05, 3.63) is 0 Å². The number of carbonyl (C=O) groups is 3. The lowest BCUT2D eigenvalue weighted by Gasteiger charge is -2.36. The molecule has 2 saturated carbocycles. The molecule has 0 aromatic carbocycles. The van der Waals surface area contributed by atoms with Crippen molar-refractivity contribution < 1.29 is 23.9 Å². The van der Waals surface area contributed by atoms with Crippen molar-refractivity contribution in [1.82, 2.24) is 10.2 Å². The van der Waals surface area contributed by atoms with E-state index in [4.69, 9.17) is 9.47 Å². The summed E-state index contributed by atoms with van der Waals surface area (Å²) in [6.45, 7) is 6.08. The van der Waals surface area contributed by atoms with Gasteiger partial charge in [0.25, 0.3) is 0 Å². The van der Waals surface area contributed by atoms with Gasteiger partial charge >= 0.3 is 12.1 Å². The van der Waals surface area contributed by atoms with E-state index in [9.17, 15) is 14.4 Å². The first-order valence-corrected chi connectivity index (χ1v) is 11.1. The second-order valence-corrected chi connectivity index (χ2v) is 9.80. The van der Waals surface area contributed by atoms with Crippen LogP contribution in [0.2, 0.25) is 0 Å². The maximum absolute atomic E-state index is 13.6. The fourth-order valence-electron chi connectivity index (χ4n) is 5.43. The summed E-state index contributed by atoms with van der Waals surface area (Å²) in [7, 11) is 1.41. The number of rotatable bonds is 4. The summed E-state index contributed by atoms with van der Waals surface area (Å²) in [5.41, 5.74) is -0.621. The normalized spacial score (nSPS) is 28.6. The van der Waals surface area contributed by atoms with Crippen LogP contribution in [-0.4, -0.2) is 54.2 Å². The van der Waals surface area contributed by atoms with Crippen LogP contribution < -0.4 is 5.32 Å². The first kappa shape index (κ1) is 21.9. The van der Waals surface area contributed by atoms with E-state index in [1.807, 2.05) is 25.7 Å². The fraction of sp³-hybridized carbons (Fsp3) is 0.864. The molecule has 4 atom stereocenters. The van der Waals surface area contributed by atoms with Crippen LogP contribution in [0.3, 0.4) is 0 Å². The van der Waals surface area contributed by atoms with Gasteiger partial charge in [-0.1, -0.05) is 19.3 Å². The number of carbonyl (C=O) groups excluding carboxylic acids is 3. The topological polar surface area (TPSA) is 84.9 Å². The highest BCUT2D eigenvalue weighted by atomic mass is 16.6. The lowest BCUT2D eigenvalue weighted by Crippen LogP contribution is -2.56. The highest BCUT2D eigenvalue weighted by Gasteiger charge is 2.51. The zero-order valence-electron chi connectivity index (χ0n) is 18.2. The predicted molar refractivity (Wildman–Crippen MR) is 108 cm³/mol. The van der Waals surface area contributed by atoms with E-state index in [1.165, 1.54) is 13.5 Å². The Morgan fingerprint density at radius 3 is 2.31 bits per heavy atom. The van der Waals surface area contributed by atoms with Crippen LogP contribution in [0.1, 0.15) is 72.1 Å². The molecule has 7 nitrogen and oxygen atoms in total. The summed E-state index contributed by atoms with van der Waals surface area (Å²) in [4.78, 5) is 40.3. The lowest BCUT2D eigenvalue weighted by atomic mass is 9.83. The Kier molecular flexibility index (Phi) is 6.74. The van der Waals surface area contributed by atoms with Gasteiger partial charge in [0.1, 0.15) is 11.6 Å². The molecule has 2 aliphatic carbocycles. The molecule has 0 bridgehead atoms. The number of fused-ring (bicyclic) bond motifs is 1. The number of nitrogens with one attached hydrogen (secondary N) is 1. The van der Waals surface area contributed by atoms with Gasteiger partial charge in [-0.15, -0.1) is 0 Å². The summed E-state index contributed by atoms with van der Waals surface area (Å²) in [6.07, 6.45) is 7.23. The Hall–Kier alpha value is -1.79. The Labute approximate surface area is 173 Å². The van der Waals surface area contributed by atoms with Crippen molar-refractivity contribution in [3.63, 3.8) is 0 Å². The van der Waals surface area contributed by atoms with E-state index >= 15 is 0 Å². The van der Waals surface area contributed by atoms with Crippen LogP contribution in [0.5, 0.6) is 0 Å². The molecule has 1 N–H and O–H groups in total.